The minimum absolute atomic E-state index is 0.0569. The maximum absolute atomic E-state index is 12.3. The summed E-state index contributed by atoms with van der Waals surface area (Å²) >= 11 is 0. The minimum atomic E-state index is -3.84. The summed E-state index contributed by atoms with van der Waals surface area (Å²) < 4.78 is 27.1. The van der Waals surface area contributed by atoms with E-state index in [0.717, 1.165) is 12.1 Å². The van der Waals surface area contributed by atoms with Gasteiger partial charge in [0.2, 0.25) is 0 Å². The fraction of sp³-hybridized carbons (Fsp3) is 0. The van der Waals surface area contributed by atoms with Crippen LogP contribution < -0.4 is 4.72 Å². The molecule has 1 aromatic heterocycles. The van der Waals surface area contributed by atoms with Crippen LogP contribution in [0.2, 0.25) is 0 Å². The Bertz CT molecular complexity index is 948. The number of aromatic nitrogens is 2. The van der Waals surface area contributed by atoms with Crippen LogP contribution in [-0.2, 0) is 10.0 Å². The molecule has 0 fully saturated rings. The lowest BCUT2D eigenvalue weighted by atomic mass is 10.2. The smallest absolute Gasteiger partial charge is 0.269 e. The molecular formula is C13H10N4O4S. The van der Waals surface area contributed by atoms with E-state index in [2.05, 4.69) is 14.9 Å². The zero-order valence-electron chi connectivity index (χ0n) is 11.1. The fourth-order valence-corrected chi connectivity index (χ4v) is 3.09. The van der Waals surface area contributed by atoms with Gasteiger partial charge < -0.3 is 0 Å². The number of H-pyrrole nitrogens is 1. The van der Waals surface area contributed by atoms with Crippen molar-refractivity contribution in [1.29, 1.82) is 0 Å². The molecule has 0 radical (unpaired) electrons. The quantitative estimate of drug-likeness (QED) is 0.565. The Balaban J connectivity index is 1.96. The first kappa shape index (κ1) is 14.0. The largest absolute Gasteiger partial charge is 0.279 e. The monoisotopic (exact) mass is 318 g/mol. The summed E-state index contributed by atoms with van der Waals surface area (Å²) in [6.07, 6.45) is 1.52. The number of fused-ring (bicyclic) bond motifs is 1. The molecule has 0 aliphatic carbocycles. The van der Waals surface area contributed by atoms with Crippen molar-refractivity contribution in [3.63, 3.8) is 0 Å². The Labute approximate surface area is 125 Å². The molecule has 0 saturated carbocycles. The Morgan fingerprint density at radius 3 is 2.55 bits per heavy atom. The molecule has 0 atom stereocenters. The number of aromatic amines is 1. The first-order valence-electron chi connectivity index (χ1n) is 6.17. The minimum Gasteiger partial charge on any atom is -0.279 e. The average molecular weight is 318 g/mol. The number of benzene rings is 2. The molecule has 0 saturated heterocycles. The van der Waals surface area contributed by atoms with Gasteiger partial charge in [-0.25, -0.2) is 8.42 Å². The standard InChI is InChI=1S/C13H10N4O4S/c18-17(19)9-4-6-10(7-5-9)22(20,21)16-13-3-1-2-12-11(13)8-14-15-12/h1-8,16H,(H,14,15). The maximum Gasteiger partial charge on any atom is 0.269 e. The van der Waals surface area contributed by atoms with Crippen molar-refractivity contribution in [2.24, 2.45) is 0 Å². The van der Waals surface area contributed by atoms with Crippen molar-refractivity contribution in [3.05, 3.63) is 58.8 Å². The lowest BCUT2D eigenvalue weighted by molar-refractivity contribution is -0.384. The van der Waals surface area contributed by atoms with Crippen molar-refractivity contribution >= 4 is 32.3 Å². The molecule has 0 amide bonds. The van der Waals surface area contributed by atoms with E-state index in [9.17, 15) is 18.5 Å². The SMILES string of the molecule is O=[N+]([O-])c1ccc(S(=O)(=O)Nc2cccc3[nH]ncc23)cc1. The average Bonchev–Trinajstić information content (AvgIpc) is 2.96. The van der Waals surface area contributed by atoms with Crippen molar-refractivity contribution in [2.75, 3.05) is 4.72 Å². The molecule has 9 heteroatoms. The lowest BCUT2D eigenvalue weighted by Gasteiger charge is -2.08. The Morgan fingerprint density at radius 2 is 1.86 bits per heavy atom. The van der Waals surface area contributed by atoms with E-state index < -0.39 is 14.9 Å². The van der Waals surface area contributed by atoms with Gasteiger partial charge in [0, 0.05) is 17.5 Å². The predicted octanol–water partition coefficient (Wildman–Crippen LogP) is 2.27. The van der Waals surface area contributed by atoms with E-state index in [4.69, 9.17) is 0 Å². The number of hydrogen-bond donors (Lipinski definition) is 2. The van der Waals surface area contributed by atoms with Gasteiger partial charge in [0.15, 0.2) is 0 Å². The first-order chi connectivity index (χ1) is 10.5. The Hall–Kier alpha value is -2.94. The van der Waals surface area contributed by atoms with E-state index in [-0.39, 0.29) is 10.6 Å². The van der Waals surface area contributed by atoms with Gasteiger partial charge in [0.05, 0.1) is 27.2 Å². The molecule has 8 nitrogen and oxygen atoms in total. The highest BCUT2D eigenvalue weighted by Crippen LogP contribution is 2.24. The van der Waals surface area contributed by atoms with E-state index in [1.54, 1.807) is 18.2 Å². The highest BCUT2D eigenvalue weighted by molar-refractivity contribution is 7.92. The fourth-order valence-electron chi connectivity index (χ4n) is 2.01. The van der Waals surface area contributed by atoms with Crippen molar-refractivity contribution < 1.29 is 13.3 Å². The topological polar surface area (TPSA) is 118 Å². The first-order valence-corrected chi connectivity index (χ1v) is 7.65. The third kappa shape index (κ3) is 2.49. The summed E-state index contributed by atoms with van der Waals surface area (Å²) in [5.41, 5.74) is 0.907. The molecule has 3 aromatic rings. The number of rotatable bonds is 4. The molecule has 0 bridgehead atoms. The van der Waals surface area contributed by atoms with Gasteiger partial charge in [-0.05, 0) is 24.3 Å². The van der Waals surface area contributed by atoms with Crippen LogP contribution >= 0.6 is 0 Å². The molecule has 3 rings (SSSR count). The van der Waals surface area contributed by atoms with Crippen LogP contribution in [-0.4, -0.2) is 23.5 Å². The lowest BCUT2D eigenvalue weighted by Crippen LogP contribution is -2.13. The van der Waals surface area contributed by atoms with Gasteiger partial charge in [0.25, 0.3) is 15.7 Å². The van der Waals surface area contributed by atoms with Crippen LogP contribution in [0.4, 0.5) is 11.4 Å². The van der Waals surface area contributed by atoms with Gasteiger partial charge in [-0.3, -0.25) is 19.9 Å². The molecule has 22 heavy (non-hydrogen) atoms. The van der Waals surface area contributed by atoms with Crippen LogP contribution in [0.5, 0.6) is 0 Å². The van der Waals surface area contributed by atoms with Crippen LogP contribution in [0.25, 0.3) is 10.9 Å². The third-order valence-corrected chi connectivity index (χ3v) is 4.47. The van der Waals surface area contributed by atoms with Gasteiger partial charge in [-0.2, -0.15) is 5.10 Å². The van der Waals surface area contributed by atoms with Gasteiger partial charge in [-0.1, -0.05) is 6.07 Å². The van der Waals surface area contributed by atoms with E-state index >= 15 is 0 Å². The molecule has 1 heterocycles. The molecule has 112 valence electrons. The molecular weight excluding hydrogens is 308 g/mol. The Kier molecular flexibility index (Phi) is 3.26. The summed E-state index contributed by atoms with van der Waals surface area (Å²) in [6, 6.07) is 9.74. The number of nitro benzene ring substituents is 1. The number of hydrogen-bond acceptors (Lipinski definition) is 5. The van der Waals surface area contributed by atoms with Crippen molar-refractivity contribution in [1.82, 2.24) is 10.2 Å². The number of anilines is 1. The molecule has 2 N–H and O–H groups in total. The van der Waals surface area contributed by atoms with Gasteiger partial charge in [-0.15, -0.1) is 0 Å². The molecule has 2 aromatic carbocycles. The summed E-state index contributed by atoms with van der Waals surface area (Å²) in [5.74, 6) is 0. The maximum atomic E-state index is 12.3. The molecule has 0 spiro atoms. The zero-order valence-corrected chi connectivity index (χ0v) is 11.9. The van der Waals surface area contributed by atoms with Crippen LogP contribution in [0.3, 0.4) is 0 Å². The summed E-state index contributed by atoms with van der Waals surface area (Å²) in [4.78, 5) is 9.96. The molecule has 0 unspecified atom stereocenters. The van der Waals surface area contributed by atoms with Crippen molar-refractivity contribution in [2.45, 2.75) is 4.90 Å². The molecule has 0 aliphatic rings. The second-order valence-electron chi connectivity index (χ2n) is 4.49. The summed E-state index contributed by atoms with van der Waals surface area (Å²) in [6.45, 7) is 0. The highest BCUT2D eigenvalue weighted by atomic mass is 32.2. The number of sulfonamides is 1. The number of nitrogens with one attached hydrogen (secondary N) is 2. The molecule has 0 aliphatic heterocycles. The predicted molar refractivity (Wildman–Crippen MR) is 80.0 cm³/mol. The third-order valence-electron chi connectivity index (χ3n) is 3.09. The second-order valence-corrected chi connectivity index (χ2v) is 6.18. The van der Waals surface area contributed by atoms with Crippen LogP contribution in [0.15, 0.2) is 53.6 Å². The number of nitrogens with zero attached hydrogens (tertiary/aromatic N) is 2. The van der Waals surface area contributed by atoms with E-state index in [1.165, 1.54) is 18.3 Å². The van der Waals surface area contributed by atoms with Crippen molar-refractivity contribution in [3.8, 4) is 0 Å². The van der Waals surface area contributed by atoms with Crippen LogP contribution in [0, 0.1) is 10.1 Å². The summed E-state index contributed by atoms with van der Waals surface area (Å²) in [5, 5.41) is 17.8. The number of non-ortho nitro benzene ring substituents is 1. The highest BCUT2D eigenvalue weighted by Gasteiger charge is 2.17. The second kappa shape index (κ2) is 5.11. The zero-order chi connectivity index (χ0) is 15.7. The van der Waals surface area contributed by atoms with Gasteiger partial charge in [0.1, 0.15) is 0 Å². The van der Waals surface area contributed by atoms with E-state index in [0.29, 0.717) is 16.6 Å². The van der Waals surface area contributed by atoms with Gasteiger partial charge >= 0.3 is 0 Å². The van der Waals surface area contributed by atoms with E-state index in [1.807, 2.05) is 0 Å². The van der Waals surface area contributed by atoms with Crippen LogP contribution in [0.1, 0.15) is 0 Å². The number of nitro groups is 1. The summed E-state index contributed by atoms with van der Waals surface area (Å²) in [7, 11) is -3.84. The Morgan fingerprint density at radius 1 is 1.14 bits per heavy atom. The normalized spacial score (nSPS) is 11.5.